The molecule has 4 aromatic heterocycles. The SMILES string of the molecule is Cc1cc(C)n(-c2[c-]c(Oc3[c-]c4c(cc3)c3ccccc3n4-c3ncc(C)c(-n4c5c(C)cccc5c5cccc(C)c54)c3C)ccc2)n1.[Pt+2]. The number of hydrogen-bond acceptors (Lipinski definition) is 3. The third kappa shape index (κ3) is 5.12. The van der Waals surface area contributed by atoms with Crippen molar-refractivity contribution in [2.75, 3.05) is 0 Å². The largest absolute Gasteiger partial charge is 2.00 e. The second kappa shape index (κ2) is 12.4. The van der Waals surface area contributed by atoms with Crippen molar-refractivity contribution in [3.05, 3.63) is 149 Å². The number of pyridine rings is 1. The van der Waals surface area contributed by atoms with Crippen LogP contribution in [0.5, 0.6) is 11.5 Å². The van der Waals surface area contributed by atoms with E-state index in [1.807, 2.05) is 49.0 Å². The smallest absolute Gasteiger partial charge is 0.509 e. The molecule has 9 aromatic rings. The van der Waals surface area contributed by atoms with Crippen molar-refractivity contribution >= 4 is 43.6 Å². The maximum atomic E-state index is 6.45. The first-order chi connectivity index (χ1) is 24.3. The summed E-state index contributed by atoms with van der Waals surface area (Å²) >= 11 is 0. The van der Waals surface area contributed by atoms with E-state index in [1.54, 1.807) is 0 Å². The monoisotopic (exact) mass is 844 g/mol. The van der Waals surface area contributed by atoms with Gasteiger partial charge >= 0.3 is 21.1 Å². The summed E-state index contributed by atoms with van der Waals surface area (Å²) in [6.45, 7) is 12.8. The van der Waals surface area contributed by atoms with E-state index in [0.29, 0.717) is 11.5 Å². The van der Waals surface area contributed by atoms with Crippen LogP contribution in [0.3, 0.4) is 0 Å². The van der Waals surface area contributed by atoms with Crippen molar-refractivity contribution in [3.8, 4) is 28.7 Å². The Kier molecular flexibility index (Phi) is 7.96. The summed E-state index contributed by atoms with van der Waals surface area (Å²) in [5.41, 5.74) is 13.1. The first-order valence-corrected chi connectivity index (χ1v) is 16.9. The zero-order chi connectivity index (χ0) is 34.3. The number of fused-ring (bicyclic) bond motifs is 6. The molecule has 0 N–H and O–H groups in total. The minimum absolute atomic E-state index is 0. The van der Waals surface area contributed by atoms with Gasteiger partial charge in [-0.3, -0.25) is 4.68 Å². The molecule has 0 spiro atoms. The molecule has 6 nitrogen and oxygen atoms in total. The zero-order valence-electron chi connectivity index (χ0n) is 29.3. The standard InChI is InChI=1S/C44H35N5O.Pt/c1-26-12-9-17-37-38-18-10-13-27(2)43(38)48(42(26)37)41-28(3)25-45-44(31(41)6)47-39-19-8-7-16-35(39)36-21-20-34(24-40(36)47)50-33-15-11-14-32(23-33)49-30(5)22-29(4)46-49;/h7-22,25H,1-6H3;/q-2;+2. The van der Waals surface area contributed by atoms with E-state index < -0.39 is 0 Å². The van der Waals surface area contributed by atoms with Crippen molar-refractivity contribution in [2.45, 2.75) is 41.5 Å². The first kappa shape index (κ1) is 32.7. The fourth-order valence-corrected chi connectivity index (χ4v) is 7.73. The first-order valence-electron chi connectivity index (χ1n) is 16.9. The van der Waals surface area contributed by atoms with E-state index in [0.717, 1.165) is 61.5 Å². The van der Waals surface area contributed by atoms with Crippen LogP contribution >= 0.6 is 0 Å². The van der Waals surface area contributed by atoms with Gasteiger partial charge in [0.2, 0.25) is 0 Å². The fraction of sp³-hybridized carbons (Fsp3) is 0.136. The van der Waals surface area contributed by atoms with Crippen LogP contribution in [-0.4, -0.2) is 23.9 Å². The number of ether oxygens (including phenoxy) is 1. The van der Waals surface area contributed by atoms with Gasteiger partial charge in [-0.2, -0.15) is 17.2 Å². The van der Waals surface area contributed by atoms with Crippen molar-refractivity contribution < 1.29 is 25.8 Å². The molecule has 0 saturated carbocycles. The summed E-state index contributed by atoms with van der Waals surface area (Å²) in [6, 6.07) is 40.7. The van der Waals surface area contributed by atoms with Gasteiger partial charge in [0.05, 0.1) is 22.4 Å². The third-order valence-electron chi connectivity index (χ3n) is 9.86. The molecule has 0 aliphatic heterocycles. The van der Waals surface area contributed by atoms with Crippen LogP contribution in [0.1, 0.15) is 33.6 Å². The molecule has 9 rings (SSSR count). The minimum atomic E-state index is 0. The zero-order valence-corrected chi connectivity index (χ0v) is 31.5. The Morgan fingerprint density at radius 1 is 0.608 bits per heavy atom. The minimum Gasteiger partial charge on any atom is -0.509 e. The van der Waals surface area contributed by atoms with E-state index in [1.165, 1.54) is 32.9 Å². The number of aromatic nitrogens is 5. The van der Waals surface area contributed by atoms with Crippen LogP contribution in [0.15, 0.2) is 103 Å². The molecule has 0 atom stereocenters. The Labute approximate surface area is 311 Å². The van der Waals surface area contributed by atoms with E-state index in [-0.39, 0.29) is 21.1 Å². The summed E-state index contributed by atoms with van der Waals surface area (Å²) in [7, 11) is 0. The van der Waals surface area contributed by atoms with Gasteiger partial charge < -0.3 is 13.9 Å². The van der Waals surface area contributed by atoms with E-state index >= 15 is 0 Å². The van der Waals surface area contributed by atoms with Gasteiger partial charge in [0, 0.05) is 45.2 Å². The van der Waals surface area contributed by atoms with Crippen molar-refractivity contribution in [2.24, 2.45) is 0 Å². The van der Waals surface area contributed by atoms with Gasteiger partial charge in [0.25, 0.3) is 0 Å². The number of para-hydroxylation sites is 3. The van der Waals surface area contributed by atoms with Crippen LogP contribution in [0, 0.1) is 53.7 Å². The maximum Gasteiger partial charge on any atom is 2.00 e. The van der Waals surface area contributed by atoms with E-state index in [9.17, 15) is 0 Å². The van der Waals surface area contributed by atoms with Crippen LogP contribution in [0.2, 0.25) is 0 Å². The number of aryl methyl sites for hydroxylation is 5. The molecule has 0 bridgehead atoms. The Balaban J connectivity index is 0.00000374. The third-order valence-corrected chi connectivity index (χ3v) is 9.86. The van der Waals surface area contributed by atoms with Crippen LogP contribution in [-0.2, 0) is 21.1 Å². The molecule has 4 heterocycles. The molecule has 5 aromatic carbocycles. The number of rotatable bonds is 5. The van der Waals surface area contributed by atoms with Crippen LogP contribution in [0.25, 0.3) is 60.8 Å². The van der Waals surface area contributed by atoms with Gasteiger partial charge in [-0.05, 0) is 81.4 Å². The molecule has 0 radical (unpaired) electrons. The summed E-state index contributed by atoms with van der Waals surface area (Å²) in [5.74, 6) is 2.06. The van der Waals surface area contributed by atoms with Crippen LogP contribution < -0.4 is 4.74 Å². The quantitative estimate of drug-likeness (QED) is 0.162. The average Bonchev–Trinajstić information content (AvgIpc) is 3.75. The Morgan fingerprint density at radius 2 is 1.27 bits per heavy atom. The number of hydrogen-bond donors (Lipinski definition) is 0. The predicted octanol–water partition coefficient (Wildman–Crippen LogP) is 10.7. The molecular formula is C44H35N5OPt. The van der Waals surface area contributed by atoms with Crippen molar-refractivity contribution in [1.82, 2.24) is 23.9 Å². The number of nitrogens with zero attached hydrogens (tertiary/aromatic N) is 5. The molecule has 0 aliphatic carbocycles. The van der Waals surface area contributed by atoms with Gasteiger partial charge in [-0.15, -0.1) is 35.7 Å². The summed E-state index contributed by atoms with van der Waals surface area (Å²) in [6.07, 6.45) is 2.01. The Bertz CT molecular complexity index is 2760. The van der Waals surface area contributed by atoms with E-state index in [2.05, 4.69) is 127 Å². The van der Waals surface area contributed by atoms with Gasteiger partial charge in [-0.25, -0.2) is 4.98 Å². The van der Waals surface area contributed by atoms with Crippen molar-refractivity contribution in [1.29, 1.82) is 0 Å². The molecule has 0 saturated heterocycles. The van der Waals surface area contributed by atoms with Crippen LogP contribution in [0.4, 0.5) is 0 Å². The van der Waals surface area contributed by atoms with Gasteiger partial charge in [0.15, 0.2) is 0 Å². The molecule has 0 aliphatic rings. The second-order valence-corrected chi connectivity index (χ2v) is 13.3. The normalized spacial score (nSPS) is 11.6. The molecule has 0 unspecified atom stereocenters. The predicted molar refractivity (Wildman–Crippen MR) is 203 cm³/mol. The second-order valence-electron chi connectivity index (χ2n) is 13.3. The molecule has 0 fully saturated rings. The molecular weight excluding hydrogens is 810 g/mol. The number of benzene rings is 5. The Hall–Kier alpha value is -5.45. The van der Waals surface area contributed by atoms with Crippen molar-refractivity contribution in [3.63, 3.8) is 0 Å². The summed E-state index contributed by atoms with van der Waals surface area (Å²) in [4.78, 5) is 5.14. The molecule has 51 heavy (non-hydrogen) atoms. The molecule has 7 heteroatoms. The topological polar surface area (TPSA) is 49.8 Å². The van der Waals surface area contributed by atoms with Gasteiger partial charge in [0.1, 0.15) is 5.82 Å². The van der Waals surface area contributed by atoms with Gasteiger partial charge in [-0.1, -0.05) is 60.1 Å². The summed E-state index contributed by atoms with van der Waals surface area (Å²) < 4.78 is 13.0. The summed E-state index contributed by atoms with van der Waals surface area (Å²) in [5, 5.41) is 9.36. The average molecular weight is 845 g/mol. The maximum absolute atomic E-state index is 6.45. The van der Waals surface area contributed by atoms with E-state index in [4.69, 9.17) is 9.72 Å². The molecule has 0 amide bonds. The Morgan fingerprint density at radius 3 is 1.98 bits per heavy atom. The fourth-order valence-electron chi connectivity index (χ4n) is 7.73. The molecule has 252 valence electrons.